The zero-order valence-corrected chi connectivity index (χ0v) is 11.9. The molecule has 1 unspecified atom stereocenters. The number of carbonyl (C=O) groups is 1. The molecule has 1 saturated heterocycles. The smallest absolute Gasteiger partial charge is 0.253 e. The van der Waals surface area contributed by atoms with Crippen LogP contribution in [0.25, 0.3) is 0 Å². The van der Waals surface area contributed by atoms with E-state index in [-0.39, 0.29) is 5.91 Å². The highest BCUT2D eigenvalue weighted by atomic mass is 35.5. The normalized spacial score (nSPS) is 19.6. The fraction of sp³-hybridized carbons (Fsp3) is 0.500. The Morgan fingerprint density at radius 3 is 3.00 bits per heavy atom. The minimum absolute atomic E-state index is 0.121. The van der Waals surface area contributed by atoms with Gasteiger partial charge in [0, 0.05) is 23.8 Å². The number of halogens is 1. The van der Waals surface area contributed by atoms with Gasteiger partial charge in [-0.3, -0.25) is 4.79 Å². The van der Waals surface area contributed by atoms with E-state index < -0.39 is 0 Å². The van der Waals surface area contributed by atoms with Gasteiger partial charge in [0.15, 0.2) is 0 Å². The summed E-state index contributed by atoms with van der Waals surface area (Å²) in [7, 11) is 0. The summed E-state index contributed by atoms with van der Waals surface area (Å²) in [4.78, 5) is 14.4. The highest BCUT2D eigenvalue weighted by Gasteiger charge is 2.21. The van der Waals surface area contributed by atoms with Gasteiger partial charge in [-0.2, -0.15) is 0 Å². The molecule has 1 atom stereocenters. The molecule has 0 bridgehead atoms. The van der Waals surface area contributed by atoms with Crippen molar-refractivity contribution < 1.29 is 4.79 Å². The third-order valence-electron chi connectivity index (χ3n) is 3.63. The van der Waals surface area contributed by atoms with Gasteiger partial charge in [-0.15, -0.1) is 0 Å². The van der Waals surface area contributed by atoms with E-state index in [1.54, 1.807) is 18.2 Å². The molecular weight excluding hydrogens is 262 g/mol. The predicted molar refractivity (Wildman–Crippen MR) is 78.4 cm³/mol. The number of nitrogens with one attached hydrogen (secondary N) is 1. The van der Waals surface area contributed by atoms with E-state index in [1.165, 1.54) is 0 Å². The number of amides is 1. The fourth-order valence-electron chi connectivity index (χ4n) is 2.44. The molecule has 104 valence electrons. The quantitative estimate of drug-likeness (QED) is 0.830. The molecule has 0 aliphatic carbocycles. The lowest BCUT2D eigenvalue weighted by Gasteiger charge is -2.14. The number of hydrogen-bond acceptors (Lipinski definition) is 3. The summed E-state index contributed by atoms with van der Waals surface area (Å²) in [5.41, 5.74) is 6.71. The Labute approximate surface area is 118 Å². The second kappa shape index (κ2) is 6.26. The van der Waals surface area contributed by atoms with E-state index in [4.69, 9.17) is 17.3 Å². The number of nitrogens with zero attached hydrogens (tertiary/aromatic N) is 1. The van der Waals surface area contributed by atoms with Crippen LogP contribution in [0.2, 0.25) is 5.02 Å². The first-order valence-electron chi connectivity index (χ1n) is 6.65. The standard InChI is InChI=1S/C14H20ClN3O/c1-2-18-6-5-10(9-18)8-17-14(19)12-4-3-11(15)7-13(12)16/h3-4,7,10H,2,5-6,8-9,16H2,1H3,(H,17,19). The van der Waals surface area contributed by atoms with E-state index in [2.05, 4.69) is 17.1 Å². The topological polar surface area (TPSA) is 58.4 Å². The Balaban J connectivity index is 1.88. The van der Waals surface area contributed by atoms with Gasteiger partial charge in [-0.25, -0.2) is 0 Å². The molecule has 0 radical (unpaired) electrons. The van der Waals surface area contributed by atoms with Crippen LogP contribution in [-0.4, -0.2) is 37.0 Å². The van der Waals surface area contributed by atoms with E-state index >= 15 is 0 Å². The Kier molecular flexibility index (Phi) is 4.66. The molecule has 1 aromatic rings. The zero-order valence-electron chi connectivity index (χ0n) is 11.2. The van der Waals surface area contributed by atoms with Gasteiger partial charge in [-0.05, 0) is 43.6 Å². The third-order valence-corrected chi connectivity index (χ3v) is 3.86. The van der Waals surface area contributed by atoms with Gasteiger partial charge < -0.3 is 16.0 Å². The van der Waals surface area contributed by atoms with Gasteiger partial charge in [0.2, 0.25) is 0 Å². The molecule has 0 saturated carbocycles. The summed E-state index contributed by atoms with van der Waals surface area (Å²) in [6.45, 7) is 6.13. The average Bonchev–Trinajstić information content (AvgIpc) is 2.84. The second-order valence-corrected chi connectivity index (χ2v) is 5.43. The Morgan fingerprint density at radius 2 is 2.37 bits per heavy atom. The summed E-state index contributed by atoms with van der Waals surface area (Å²) in [5.74, 6) is 0.418. The van der Waals surface area contributed by atoms with Crippen LogP contribution in [0, 0.1) is 5.92 Å². The first kappa shape index (κ1) is 14.2. The summed E-state index contributed by atoms with van der Waals surface area (Å²) in [6, 6.07) is 4.95. The SMILES string of the molecule is CCN1CCC(CNC(=O)c2ccc(Cl)cc2N)C1. The lowest BCUT2D eigenvalue weighted by atomic mass is 10.1. The van der Waals surface area contributed by atoms with E-state index in [9.17, 15) is 4.79 Å². The van der Waals surface area contributed by atoms with E-state index in [0.29, 0.717) is 28.7 Å². The average molecular weight is 282 g/mol. The number of likely N-dealkylation sites (tertiary alicyclic amines) is 1. The molecular formula is C14H20ClN3O. The van der Waals surface area contributed by atoms with Crippen molar-refractivity contribution in [2.24, 2.45) is 5.92 Å². The molecule has 0 spiro atoms. The minimum atomic E-state index is -0.121. The highest BCUT2D eigenvalue weighted by molar-refractivity contribution is 6.31. The van der Waals surface area contributed by atoms with Crippen LogP contribution in [0.15, 0.2) is 18.2 Å². The molecule has 2 rings (SSSR count). The van der Waals surface area contributed by atoms with Crippen molar-refractivity contribution in [1.82, 2.24) is 10.2 Å². The molecule has 1 aliphatic heterocycles. The third kappa shape index (κ3) is 3.61. The number of carbonyl (C=O) groups excluding carboxylic acids is 1. The van der Waals surface area contributed by atoms with Crippen molar-refractivity contribution in [3.8, 4) is 0 Å². The lowest BCUT2D eigenvalue weighted by Crippen LogP contribution is -2.31. The van der Waals surface area contributed by atoms with Crippen molar-refractivity contribution in [1.29, 1.82) is 0 Å². The summed E-state index contributed by atoms with van der Waals surface area (Å²) < 4.78 is 0. The maximum Gasteiger partial charge on any atom is 0.253 e. The number of nitrogen functional groups attached to an aromatic ring is 1. The van der Waals surface area contributed by atoms with E-state index in [1.807, 2.05) is 0 Å². The molecule has 0 aromatic heterocycles. The molecule has 1 aliphatic rings. The second-order valence-electron chi connectivity index (χ2n) is 4.99. The summed E-state index contributed by atoms with van der Waals surface area (Å²) >= 11 is 5.82. The molecule has 1 amide bonds. The van der Waals surface area contributed by atoms with Gasteiger partial charge in [0.25, 0.3) is 5.91 Å². The number of hydrogen-bond donors (Lipinski definition) is 2. The van der Waals surface area contributed by atoms with Crippen molar-refractivity contribution >= 4 is 23.2 Å². The first-order valence-corrected chi connectivity index (χ1v) is 7.03. The lowest BCUT2D eigenvalue weighted by molar-refractivity contribution is 0.0948. The minimum Gasteiger partial charge on any atom is -0.398 e. The van der Waals surface area contributed by atoms with Crippen LogP contribution in [0.5, 0.6) is 0 Å². The van der Waals surface area contributed by atoms with E-state index in [0.717, 1.165) is 26.1 Å². The molecule has 4 nitrogen and oxygen atoms in total. The zero-order chi connectivity index (χ0) is 13.8. The largest absolute Gasteiger partial charge is 0.398 e. The van der Waals surface area contributed by atoms with Crippen molar-refractivity contribution in [3.05, 3.63) is 28.8 Å². The van der Waals surface area contributed by atoms with Crippen LogP contribution in [-0.2, 0) is 0 Å². The van der Waals surface area contributed by atoms with Gasteiger partial charge in [-0.1, -0.05) is 18.5 Å². The molecule has 1 fully saturated rings. The van der Waals surface area contributed by atoms with Crippen molar-refractivity contribution in [2.45, 2.75) is 13.3 Å². The highest BCUT2D eigenvalue weighted by Crippen LogP contribution is 2.18. The Bertz CT molecular complexity index is 464. The molecule has 1 aromatic carbocycles. The number of benzene rings is 1. The molecule has 1 heterocycles. The van der Waals surface area contributed by atoms with Crippen LogP contribution in [0.3, 0.4) is 0 Å². The summed E-state index contributed by atoms with van der Waals surface area (Å²) in [5, 5.41) is 3.50. The van der Waals surface area contributed by atoms with Crippen molar-refractivity contribution in [3.63, 3.8) is 0 Å². The Hall–Kier alpha value is -1.26. The van der Waals surface area contributed by atoms with Crippen LogP contribution < -0.4 is 11.1 Å². The maximum absolute atomic E-state index is 12.0. The van der Waals surface area contributed by atoms with Crippen LogP contribution in [0.4, 0.5) is 5.69 Å². The van der Waals surface area contributed by atoms with Gasteiger partial charge in [0.05, 0.1) is 5.56 Å². The van der Waals surface area contributed by atoms with Crippen molar-refractivity contribution in [2.75, 3.05) is 31.9 Å². The fourth-order valence-corrected chi connectivity index (χ4v) is 2.62. The molecule has 19 heavy (non-hydrogen) atoms. The molecule has 3 N–H and O–H groups in total. The summed E-state index contributed by atoms with van der Waals surface area (Å²) in [6.07, 6.45) is 1.14. The number of anilines is 1. The van der Waals surface area contributed by atoms with Crippen LogP contribution in [0.1, 0.15) is 23.7 Å². The van der Waals surface area contributed by atoms with Gasteiger partial charge in [0.1, 0.15) is 0 Å². The monoisotopic (exact) mass is 281 g/mol. The number of rotatable bonds is 4. The first-order chi connectivity index (χ1) is 9.10. The Morgan fingerprint density at radius 1 is 1.58 bits per heavy atom. The molecule has 5 heteroatoms. The maximum atomic E-state index is 12.0. The van der Waals surface area contributed by atoms with Gasteiger partial charge >= 0.3 is 0 Å². The number of nitrogens with two attached hydrogens (primary N) is 1. The predicted octanol–water partition coefficient (Wildman–Crippen LogP) is 1.99. The van der Waals surface area contributed by atoms with Crippen LogP contribution >= 0.6 is 11.6 Å².